The van der Waals surface area contributed by atoms with E-state index in [0.717, 1.165) is 30.4 Å². The molecule has 1 aliphatic carbocycles. The maximum atomic E-state index is 12.7. The first-order valence-corrected chi connectivity index (χ1v) is 17.9. The van der Waals surface area contributed by atoms with Crippen molar-refractivity contribution >= 4 is 5.97 Å². The zero-order valence-electron chi connectivity index (χ0n) is 28.7. The second-order valence-corrected chi connectivity index (χ2v) is 14.4. The van der Waals surface area contributed by atoms with Crippen molar-refractivity contribution < 1.29 is 29.6 Å². The number of rotatable bonds is 22. The molecule has 6 nitrogen and oxygen atoms in total. The summed E-state index contributed by atoms with van der Waals surface area (Å²) >= 11 is 0. The van der Waals surface area contributed by atoms with Crippen molar-refractivity contribution in [3.63, 3.8) is 0 Å². The van der Waals surface area contributed by atoms with Crippen LogP contribution in [0.25, 0.3) is 0 Å². The van der Waals surface area contributed by atoms with E-state index in [9.17, 15) is 20.1 Å². The zero-order chi connectivity index (χ0) is 32.4. The summed E-state index contributed by atoms with van der Waals surface area (Å²) in [4.78, 5) is 12.7. The number of aliphatic hydroxyl groups is 3. The Morgan fingerprint density at radius 3 is 2.07 bits per heavy atom. The summed E-state index contributed by atoms with van der Waals surface area (Å²) in [6, 6.07) is 0. The summed E-state index contributed by atoms with van der Waals surface area (Å²) in [5.74, 6) is -0.590. The Bertz CT molecular complexity index is 882. The van der Waals surface area contributed by atoms with Crippen LogP contribution in [-0.2, 0) is 14.3 Å². The lowest BCUT2D eigenvalue weighted by Crippen LogP contribution is -2.33. The second kappa shape index (κ2) is 20.6. The minimum atomic E-state index is -0.980. The summed E-state index contributed by atoms with van der Waals surface area (Å²) < 4.78 is 11.5. The van der Waals surface area contributed by atoms with E-state index in [1.54, 1.807) is 26.0 Å². The van der Waals surface area contributed by atoms with Gasteiger partial charge in [0.1, 0.15) is 12.7 Å². The highest BCUT2D eigenvalue weighted by Gasteiger charge is 2.52. The van der Waals surface area contributed by atoms with E-state index in [0.29, 0.717) is 25.7 Å². The molecule has 0 aromatic heterocycles. The molecule has 5 unspecified atom stereocenters. The van der Waals surface area contributed by atoms with E-state index in [4.69, 9.17) is 9.47 Å². The lowest BCUT2D eigenvalue weighted by Gasteiger charge is -2.31. The Kier molecular flexibility index (Phi) is 18.1. The number of carbonyl (C=O) groups is 1. The van der Waals surface area contributed by atoms with Crippen LogP contribution in [0, 0.1) is 11.8 Å². The standard InChI is InChI=1S/C38H66O6/c1-6-7-8-9-10-11-12-13-14-15-16-17-18-19-20-23-35(40)43-29-31(22-21-25-37(3,4)41)32-24-26-38(5,42)36-34(44-36)27-30(2)33(32)28-39/h21-22,25,32-34,36,39,41-42H,2,6-20,23-24,26-29H2,1,3-5H3. The predicted octanol–water partition coefficient (Wildman–Crippen LogP) is 8.53. The summed E-state index contributed by atoms with van der Waals surface area (Å²) in [6.45, 7) is 11.8. The van der Waals surface area contributed by atoms with Gasteiger partial charge >= 0.3 is 5.97 Å². The van der Waals surface area contributed by atoms with E-state index in [1.807, 2.05) is 13.0 Å². The maximum absolute atomic E-state index is 12.7. The van der Waals surface area contributed by atoms with E-state index in [2.05, 4.69) is 13.5 Å². The van der Waals surface area contributed by atoms with Crippen LogP contribution >= 0.6 is 0 Å². The Morgan fingerprint density at radius 2 is 1.55 bits per heavy atom. The van der Waals surface area contributed by atoms with E-state index in [1.165, 1.54) is 77.0 Å². The molecule has 1 saturated heterocycles. The van der Waals surface area contributed by atoms with Crippen molar-refractivity contribution in [1.29, 1.82) is 0 Å². The summed E-state index contributed by atoms with van der Waals surface area (Å²) in [6.07, 6.45) is 26.5. The van der Waals surface area contributed by atoms with Crippen molar-refractivity contribution in [3.8, 4) is 0 Å². The molecule has 0 bridgehead atoms. The van der Waals surface area contributed by atoms with Crippen LogP contribution in [-0.4, -0.2) is 57.9 Å². The largest absolute Gasteiger partial charge is 0.461 e. The highest BCUT2D eigenvalue weighted by molar-refractivity contribution is 5.69. The number of esters is 1. The SMILES string of the molecule is C=C1CC2OC2C(C)(O)CCC(C(=CC=CC(C)(C)O)COC(=O)CCCCCCCCCCCCCCCCC)C1CO. The fraction of sp³-hybridized carbons (Fsp3) is 0.816. The lowest BCUT2D eigenvalue weighted by molar-refractivity contribution is -0.143. The first kappa shape index (κ1) is 38.7. The van der Waals surface area contributed by atoms with Gasteiger partial charge in [-0.05, 0) is 57.9 Å². The third kappa shape index (κ3) is 15.7. The molecule has 0 spiro atoms. The number of hydrogen-bond acceptors (Lipinski definition) is 6. The van der Waals surface area contributed by atoms with Gasteiger partial charge in [-0.25, -0.2) is 0 Å². The monoisotopic (exact) mass is 618 g/mol. The number of allylic oxidation sites excluding steroid dienone is 2. The molecule has 3 N–H and O–H groups in total. The fourth-order valence-electron chi connectivity index (χ4n) is 6.59. The van der Waals surface area contributed by atoms with Crippen molar-refractivity contribution in [1.82, 2.24) is 0 Å². The molecule has 1 heterocycles. The number of aliphatic hydroxyl groups excluding tert-OH is 1. The molecule has 254 valence electrons. The third-order valence-corrected chi connectivity index (χ3v) is 9.50. The molecule has 0 amide bonds. The van der Waals surface area contributed by atoms with Crippen LogP contribution in [0.1, 0.15) is 150 Å². The molecule has 2 fully saturated rings. The highest BCUT2D eigenvalue weighted by Crippen LogP contribution is 2.45. The van der Waals surface area contributed by atoms with Crippen molar-refractivity contribution in [2.24, 2.45) is 11.8 Å². The number of epoxide rings is 1. The second-order valence-electron chi connectivity index (χ2n) is 14.4. The van der Waals surface area contributed by atoms with Gasteiger partial charge in [0.25, 0.3) is 0 Å². The van der Waals surface area contributed by atoms with Gasteiger partial charge in [0.2, 0.25) is 0 Å². The molecular weight excluding hydrogens is 552 g/mol. The number of hydrogen-bond donors (Lipinski definition) is 3. The van der Waals surface area contributed by atoms with Crippen molar-refractivity contribution in [2.45, 2.75) is 173 Å². The van der Waals surface area contributed by atoms with Gasteiger partial charge in [-0.1, -0.05) is 127 Å². The van der Waals surface area contributed by atoms with Crippen LogP contribution in [0.15, 0.2) is 36.0 Å². The van der Waals surface area contributed by atoms with Gasteiger partial charge in [0, 0.05) is 12.3 Å². The minimum absolute atomic E-state index is 0.0689. The van der Waals surface area contributed by atoms with E-state index in [-0.39, 0.29) is 43.2 Å². The molecule has 2 aliphatic rings. The summed E-state index contributed by atoms with van der Waals surface area (Å²) in [5.41, 5.74) is -0.190. The van der Waals surface area contributed by atoms with Gasteiger partial charge < -0.3 is 24.8 Å². The first-order valence-electron chi connectivity index (χ1n) is 17.9. The minimum Gasteiger partial charge on any atom is -0.461 e. The smallest absolute Gasteiger partial charge is 0.306 e. The van der Waals surface area contributed by atoms with Crippen molar-refractivity contribution in [3.05, 3.63) is 36.0 Å². The zero-order valence-corrected chi connectivity index (χ0v) is 28.7. The average molecular weight is 619 g/mol. The fourth-order valence-corrected chi connectivity index (χ4v) is 6.59. The Balaban J connectivity index is 1.76. The number of unbranched alkanes of at least 4 members (excludes halogenated alkanes) is 14. The van der Waals surface area contributed by atoms with Gasteiger partial charge in [0.15, 0.2) is 0 Å². The average Bonchev–Trinajstić information content (AvgIpc) is 3.74. The molecular formula is C38H66O6. The third-order valence-electron chi connectivity index (χ3n) is 9.50. The van der Waals surface area contributed by atoms with Crippen LogP contribution in [0.3, 0.4) is 0 Å². The van der Waals surface area contributed by atoms with E-state index < -0.39 is 11.2 Å². The Morgan fingerprint density at radius 1 is 1.00 bits per heavy atom. The van der Waals surface area contributed by atoms with Gasteiger partial charge in [0.05, 0.1) is 23.9 Å². The number of fused-ring (bicyclic) bond motifs is 1. The number of carbonyl (C=O) groups excluding carboxylic acids is 1. The van der Waals surface area contributed by atoms with Crippen LogP contribution in [0.2, 0.25) is 0 Å². The topological polar surface area (TPSA) is 99.5 Å². The molecule has 0 radical (unpaired) electrons. The molecule has 0 aromatic carbocycles. The summed E-state index contributed by atoms with van der Waals surface area (Å²) in [7, 11) is 0. The Hall–Kier alpha value is -1.47. The van der Waals surface area contributed by atoms with Crippen LogP contribution in [0.5, 0.6) is 0 Å². The first-order chi connectivity index (χ1) is 21.0. The number of ether oxygens (including phenoxy) is 2. The summed E-state index contributed by atoms with van der Waals surface area (Å²) in [5, 5.41) is 31.6. The van der Waals surface area contributed by atoms with E-state index >= 15 is 0 Å². The molecule has 5 atom stereocenters. The molecule has 6 heteroatoms. The quantitative estimate of drug-likeness (QED) is 0.0370. The van der Waals surface area contributed by atoms with Gasteiger partial charge in [-0.3, -0.25) is 4.79 Å². The van der Waals surface area contributed by atoms with Crippen LogP contribution in [0.4, 0.5) is 0 Å². The molecule has 2 rings (SSSR count). The van der Waals surface area contributed by atoms with Crippen molar-refractivity contribution in [2.75, 3.05) is 13.2 Å². The Labute approximate surface area is 269 Å². The highest BCUT2D eigenvalue weighted by atomic mass is 16.6. The van der Waals surface area contributed by atoms with Gasteiger partial charge in [-0.15, -0.1) is 0 Å². The van der Waals surface area contributed by atoms with Gasteiger partial charge in [-0.2, -0.15) is 0 Å². The molecule has 1 saturated carbocycles. The molecule has 1 aliphatic heterocycles. The predicted molar refractivity (Wildman–Crippen MR) is 180 cm³/mol. The normalized spacial score (nSPS) is 26.2. The molecule has 0 aromatic rings. The maximum Gasteiger partial charge on any atom is 0.306 e. The van der Waals surface area contributed by atoms with Crippen LogP contribution < -0.4 is 0 Å². The lowest BCUT2D eigenvalue weighted by atomic mass is 9.77. The molecule has 44 heavy (non-hydrogen) atoms.